The molecule has 0 spiro atoms. The Morgan fingerprint density at radius 2 is 0.762 bits per heavy atom. The zero-order valence-electron chi connectivity index (χ0n) is 51.6. The Hall–Kier alpha value is -1.99. The number of amides is 1. The van der Waals surface area contributed by atoms with Crippen LogP contribution in [-0.2, 0) is 33.2 Å². The number of aliphatic hydroxyl groups excluding tert-OH is 11. The quantitative estimate of drug-likeness (QED) is 0.0205. The second kappa shape index (κ2) is 47.9. The van der Waals surface area contributed by atoms with Crippen molar-refractivity contribution < 1.29 is 89.4 Å². The van der Waals surface area contributed by atoms with Crippen LogP contribution in [-0.4, -0.2) is 193 Å². The van der Waals surface area contributed by atoms with Gasteiger partial charge in [0.25, 0.3) is 0 Å². The molecule has 17 atom stereocenters. The van der Waals surface area contributed by atoms with Crippen molar-refractivity contribution in [2.45, 2.75) is 343 Å². The van der Waals surface area contributed by atoms with E-state index in [1.54, 1.807) is 6.08 Å². The summed E-state index contributed by atoms with van der Waals surface area (Å²) in [7, 11) is 0. The molecule has 3 aliphatic heterocycles. The third kappa shape index (κ3) is 30.5. The van der Waals surface area contributed by atoms with Crippen molar-refractivity contribution in [3.63, 3.8) is 0 Å². The highest BCUT2D eigenvalue weighted by atomic mass is 16.8. The molecular formula is C65H119NO18. The minimum absolute atomic E-state index is 0.235. The Bertz CT molecular complexity index is 1670. The van der Waals surface area contributed by atoms with Crippen LogP contribution in [0.4, 0.5) is 0 Å². The van der Waals surface area contributed by atoms with Crippen molar-refractivity contribution in [3.05, 3.63) is 36.5 Å². The van der Waals surface area contributed by atoms with E-state index >= 15 is 0 Å². The van der Waals surface area contributed by atoms with Gasteiger partial charge in [-0.05, 0) is 38.5 Å². The molecule has 492 valence electrons. The zero-order chi connectivity index (χ0) is 61.2. The van der Waals surface area contributed by atoms with E-state index in [4.69, 9.17) is 28.4 Å². The molecule has 0 bridgehead atoms. The van der Waals surface area contributed by atoms with Crippen molar-refractivity contribution >= 4 is 5.91 Å². The van der Waals surface area contributed by atoms with E-state index < -0.39 is 124 Å². The summed E-state index contributed by atoms with van der Waals surface area (Å²) >= 11 is 0. The lowest BCUT2D eigenvalue weighted by molar-refractivity contribution is -0.379. The third-order valence-corrected chi connectivity index (χ3v) is 16.7. The Kier molecular flexibility index (Phi) is 43.5. The first kappa shape index (κ1) is 76.3. The van der Waals surface area contributed by atoms with Gasteiger partial charge in [-0.1, -0.05) is 230 Å². The molecule has 3 fully saturated rings. The first-order chi connectivity index (χ1) is 40.8. The standard InChI is InChI=1S/C65H119NO18/c1-3-5-7-9-11-13-15-16-17-18-19-20-21-22-23-24-25-26-27-28-29-30-31-33-35-37-39-41-43-53(71)66-48(49(70)42-40-38-36-34-32-14-12-10-8-6-4-2)47-79-63-59(77)56(74)61(51(45-68)81-63)84-65-60(78)57(75)62(52(46-69)82-65)83-64-58(76)55(73)54(72)50(44-67)80-64/h8,10,32,34,40,42,48-52,54-65,67-70,72-78H,3-7,9,11-31,33,35-39,41,43-47H2,1-2H3,(H,66,71)/b10-8+,34-32+,42-40+. The summed E-state index contributed by atoms with van der Waals surface area (Å²) in [5, 5.41) is 120. The number of carbonyl (C=O) groups is 1. The van der Waals surface area contributed by atoms with Crippen molar-refractivity contribution in [1.29, 1.82) is 0 Å². The van der Waals surface area contributed by atoms with Crippen LogP contribution < -0.4 is 5.32 Å². The molecule has 17 unspecified atom stereocenters. The van der Waals surface area contributed by atoms with Crippen molar-refractivity contribution in [2.24, 2.45) is 0 Å². The molecule has 84 heavy (non-hydrogen) atoms. The van der Waals surface area contributed by atoms with Gasteiger partial charge in [-0.3, -0.25) is 4.79 Å². The Morgan fingerprint density at radius 3 is 1.17 bits per heavy atom. The van der Waals surface area contributed by atoms with Gasteiger partial charge in [0.15, 0.2) is 18.9 Å². The van der Waals surface area contributed by atoms with Gasteiger partial charge < -0.3 is 89.9 Å². The topological polar surface area (TPSA) is 307 Å². The molecule has 0 aromatic heterocycles. The smallest absolute Gasteiger partial charge is 0.220 e. The van der Waals surface area contributed by atoms with Gasteiger partial charge in [0.1, 0.15) is 73.2 Å². The molecule has 3 aliphatic rings. The van der Waals surface area contributed by atoms with Crippen LogP contribution in [0.5, 0.6) is 0 Å². The third-order valence-electron chi connectivity index (χ3n) is 16.7. The van der Waals surface area contributed by atoms with Crippen LogP contribution in [0.15, 0.2) is 36.5 Å². The molecule has 3 saturated heterocycles. The van der Waals surface area contributed by atoms with E-state index in [-0.39, 0.29) is 18.9 Å². The average molecular weight is 1200 g/mol. The van der Waals surface area contributed by atoms with Crippen molar-refractivity contribution in [2.75, 3.05) is 26.4 Å². The summed E-state index contributed by atoms with van der Waals surface area (Å²) in [5.41, 5.74) is 0. The number of hydrogen-bond acceptors (Lipinski definition) is 18. The Labute approximate surface area is 504 Å². The van der Waals surface area contributed by atoms with E-state index in [1.807, 2.05) is 6.08 Å². The molecule has 12 N–H and O–H groups in total. The van der Waals surface area contributed by atoms with Gasteiger partial charge in [0.05, 0.1) is 38.6 Å². The molecule has 19 nitrogen and oxygen atoms in total. The maximum atomic E-state index is 13.3. The lowest BCUT2D eigenvalue weighted by atomic mass is 9.96. The molecule has 0 aromatic carbocycles. The molecular weight excluding hydrogens is 1080 g/mol. The normalized spacial score (nSPS) is 29.4. The highest BCUT2D eigenvalue weighted by molar-refractivity contribution is 5.76. The Balaban J connectivity index is 1.39. The van der Waals surface area contributed by atoms with E-state index in [2.05, 4.69) is 43.5 Å². The van der Waals surface area contributed by atoms with Crippen molar-refractivity contribution in [1.82, 2.24) is 5.32 Å². The average Bonchev–Trinajstić information content (AvgIpc) is 3.61. The number of ether oxygens (including phenoxy) is 6. The molecule has 3 heterocycles. The van der Waals surface area contributed by atoms with Crippen LogP contribution in [0.1, 0.15) is 239 Å². The molecule has 1 amide bonds. The highest BCUT2D eigenvalue weighted by Gasteiger charge is 2.53. The number of carbonyl (C=O) groups excluding carboxylic acids is 1. The van der Waals surface area contributed by atoms with Gasteiger partial charge >= 0.3 is 0 Å². The number of nitrogens with one attached hydrogen (secondary N) is 1. The summed E-state index contributed by atoms with van der Waals surface area (Å²) in [6.07, 6.45) is 27.4. The fourth-order valence-electron chi connectivity index (χ4n) is 11.2. The number of allylic oxidation sites excluding steroid dienone is 5. The number of unbranched alkanes of at least 4 members (excludes halogenated alkanes) is 30. The fourth-order valence-corrected chi connectivity index (χ4v) is 11.2. The van der Waals surface area contributed by atoms with Crippen LogP contribution in [0.3, 0.4) is 0 Å². The summed E-state index contributed by atoms with van der Waals surface area (Å²) in [4.78, 5) is 13.3. The zero-order valence-corrected chi connectivity index (χ0v) is 51.6. The van der Waals surface area contributed by atoms with Gasteiger partial charge in [-0.15, -0.1) is 0 Å². The Morgan fingerprint density at radius 1 is 0.417 bits per heavy atom. The van der Waals surface area contributed by atoms with Crippen molar-refractivity contribution in [3.8, 4) is 0 Å². The monoisotopic (exact) mass is 1200 g/mol. The van der Waals surface area contributed by atoms with E-state index in [1.165, 1.54) is 154 Å². The maximum absolute atomic E-state index is 13.3. The second-order valence-corrected chi connectivity index (χ2v) is 23.9. The minimum atomic E-state index is -1.98. The second-order valence-electron chi connectivity index (χ2n) is 23.9. The lowest BCUT2D eigenvalue weighted by Crippen LogP contribution is -2.66. The minimum Gasteiger partial charge on any atom is -0.394 e. The number of rotatable bonds is 50. The molecule has 0 saturated carbocycles. The molecule has 0 aromatic rings. The van der Waals surface area contributed by atoms with Gasteiger partial charge in [-0.25, -0.2) is 0 Å². The van der Waals surface area contributed by atoms with Crippen LogP contribution in [0, 0.1) is 0 Å². The molecule has 19 heteroatoms. The maximum Gasteiger partial charge on any atom is 0.220 e. The fraction of sp³-hybridized carbons (Fsp3) is 0.892. The largest absolute Gasteiger partial charge is 0.394 e. The van der Waals surface area contributed by atoms with Crippen LogP contribution in [0.25, 0.3) is 0 Å². The predicted octanol–water partition coefficient (Wildman–Crippen LogP) is 7.66. The summed E-state index contributed by atoms with van der Waals surface area (Å²) < 4.78 is 34.2. The van der Waals surface area contributed by atoms with Crippen LogP contribution >= 0.6 is 0 Å². The van der Waals surface area contributed by atoms with Gasteiger partial charge in [0, 0.05) is 6.42 Å². The van der Waals surface area contributed by atoms with Gasteiger partial charge in [0.2, 0.25) is 5.91 Å². The van der Waals surface area contributed by atoms with Gasteiger partial charge in [-0.2, -0.15) is 0 Å². The van der Waals surface area contributed by atoms with E-state index in [0.29, 0.717) is 12.8 Å². The molecule has 0 radical (unpaired) electrons. The first-order valence-electron chi connectivity index (χ1n) is 33.2. The highest BCUT2D eigenvalue weighted by Crippen LogP contribution is 2.33. The first-order valence-corrected chi connectivity index (χ1v) is 33.2. The summed E-state index contributed by atoms with van der Waals surface area (Å²) in [6, 6.07) is -0.992. The lowest BCUT2D eigenvalue weighted by Gasteiger charge is -2.48. The van der Waals surface area contributed by atoms with E-state index in [0.717, 1.165) is 51.4 Å². The summed E-state index contributed by atoms with van der Waals surface area (Å²) in [6.45, 7) is 1.63. The number of aliphatic hydroxyl groups is 11. The van der Waals surface area contributed by atoms with E-state index in [9.17, 15) is 61.0 Å². The number of hydrogen-bond donors (Lipinski definition) is 12. The predicted molar refractivity (Wildman–Crippen MR) is 323 cm³/mol. The molecule has 0 aliphatic carbocycles. The molecule has 3 rings (SSSR count). The summed E-state index contributed by atoms with van der Waals surface area (Å²) in [5.74, 6) is -0.288. The SMILES string of the molecule is CCC/C=C/CC/C=C/CC/C=C/C(O)C(COC1OC(CO)C(OC2OC(CO)C(OC3OC(CO)C(O)C(O)C3O)C(O)C2O)C(O)C1O)NC(=O)CCCCCCCCCCCCCCCCCCCCCCCCCCCCCC. The van der Waals surface area contributed by atoms with Crippen LogP contribution in [0.2, 0.25) is 0 Å².